The Morgan fingerprint density at radius 1 is 0.575 bits per heavy atom. The van der Waals surface area contributed by atoms with Crippen LogP contribution in [-0.4, -0.2) is 23.1 Å². The Balaban J connectivity index is 3.36. The second kappa shape index (κ2) is 31.7. The number of hydrogen-bond acceptors (Lipinski definition) is 3. The quantitative estimate of drug-likeness (QED) is 0.0539. The third-order valence-electron chi connectivity index (χ3n) is 7.37. The van der Waals surface area contributed by atoms with E-state index >= 15 is 0 Å². The normalized spacial score (nSPS) is 12.7. The van der Waals surface area contributed by atoms with Crippen molar-refractivity contribution in [2.24, 2.45) is 0 Å². The van der Waals surface area contributed by atoms with Crippen LogP contribution in [0.5, 0.6) is 0 Å². The van der Waals surface area contributed by atoms with Gasteiger partial charge in [-0.05, 0) is 64.7 Å². The molecule has 0 aliphatic heterocycles. The summed E-state index contributed by atoms with van der Waals surface area (Å²) >= 11 is 0. The summed E-state index contributed by atoms with van der Waals surface area (Å²) in [6.45, 7) is 4.19. The topological polar surface area (TPSA) is 63.6 Å². The molecule has 0 aliphatic carbocycles. The SMILES string of the molecule is CC/C=C\C/C=C\C/C=C\CCCCCCCCCCCC(=O)OC(C)CCCCCCCCCCCC(=O)O. The molecule has 0 aromatic carbocycles. The summed E-state index contributed by atoms with van der Waals surface area (Å²) in [6.07, 6.45) is 41.4. The molecule has 1 N–H and O–H groups in total. The van der Waals surface area contributed by atoms with Crippen LogP contribution in [0.1, 0.15) is 174 Å². The fourth-order valence-corrected chi connectivity index (χ4v) is 4.88. The van der Waals surface area contributed by atoms with Crippen LogP contribution < -0.4 is 0 Å². The zero-order valence-corrected chi connectivity index (χ0v) is 26.4. The zero-order valence-electron chi connectivity index (χ0n) is 26.4. The maximum atomic E-state index is 12.1. The van der Waals surface area contributed by atoms with Crippen LogP contribution in [0.15, 0.2) is 36.5 Å². The molecule has 0 aliphatic rings. The number of carbonyl (C=O) groups is 2. The van der Waals surface area contributed by atoms with E-state index in [1.54, 1.807) is 0 Å². The zero-order chi connectivity index (χ0) is 29.4. The average Bonchev–Trinajstić information content (AvgIpc) is 2.92. The molecular weight excluding hydrogens is 496 g/mol. The minimum absolute atomic E-state index is 0.0235. The summed E-state index contributed by atoms with van der Waals surface area (Å²) < 4.78 is 5.60. The number of carboxylic acid groups (broad SMARTS) is 1. The highest BCUT2D eigenvalue weighted by atomic mass is 16.5. The largest absolute Gasteiger partial charge is 0.481 e. The van der Waals surface area contributed by atoms with Crippen molar-refractivity contribution in [3.05, 3.63) is 36.5 Å². The summed E-state index contributed by atoms with van der Waals surface area (Å²) in [6, 6.07) is 0. The van der Waals surface area contributed by atoms with Crippen LogP contribution >= 0.6 is 0 Å². The van der Waals surface area contributed by atoms with Gasteiger partial charge >= 0.3 is 11.9 Å². The molecule has 1 atom stereocenters. The van der Waals surface area contributed by atoms with Gasteiger partial charge in [0.05, 0.1) is 6.10 Å². The Kier molecular flexibility index (Phi) is 30.2. The monoisotopic (exact) mass is 560 g/mol. The van der Waals surface area contributed by atoms with Crippen LogP contribution in [0.2, 0.25) is 0 Å². The van der Waals surface area contributed by atoms with E-state index in [9.17, 15) is 9.59 Å². The fraction of sp³-hybridized carbons (Fsp3) is 0.778. The minimum Gasteiger partial charge on any atom is -0.481 e. The predicted octanol–water partition coefficient (Wildman–Crippen LogP) is 11.4. The van der Waals surface area contributed by atoms with Gasteiger partial charge in [0.2, 0.25) is 0 Å². The highest BCUT2D eigenvalue weighted by molar-refractivity contribution is 5.69. The Morgan fingerprint density at radius 2 is 1.00 bits per heavy atom. The Hall–Kier alpha value is -1.84. The maximum Gasteiger partial charge on any atom is 0.306 e. The first-order valence-electron chi connectivity index (χ1n) is 16.9. The van der Waals surface area contributed by atoms with E-state index in [2.05, 4.69) is 43.4 Å². The minimum atomic E-state index is -0.683. The van der Waals surface area contributed by atoms with E-state index in [1.807, 2.05) is 6.92 Å². The molecular formula is C36H64O4. The Bertz CT molecular complexity index is 649. The third-order valence-corrected chi connectivity index (χ3v) is 7.37. The van der Waals surface area contributed by atoms with Crippen LogP contribution in [-0.2, 0) is 14.3 Å². The number of esters is 1. The van der Waals surface area contributed by atoms with E-state index in [1.165, 1.54) is 83.5 Å². The predicted molar refractivity (Wildman–Crippen MR) is 172 cm³/mol. The van der Waals surface area contributed by atoms with Crippen LogP contribution in [0.4, 0.5) is 0 Å². The highest BCUT2D eigenvalue weighted by Crippen LogP contribution is 2.15. The lowest BCUT2D eigenvalue weighted by Crippen LogP contribution is -2.14. The number of hydrogen-bond donors (Lipinski definition) is 1. The van der Waals surface area contributed by atoms with Gasteiger partial charge in [0.15, 0.2) is 0 Å². The summed E-state index contributed by atoms with van der Waals surface area (Å²) in [5.74, 6) is -0.707. The first kappa shape index (κ1) is 38.2. The Labute approximate surface area is 248 Å². The fourth-order valence-electron chi connectivity index (χ4n) is 4.88. The molecule has 1 unspecified atom stereocenters. The molecule has 0 heterocycles. The van der Waals surface area contributed by atoms with Gasteiger partial charge in [-0.25, -0.2) is 0 Å². The van der Waals surface area contributed by atoms with Gasteiger partial charge < -0.3 is 9.84 Å². The Morgan fingerprint density at radius 3 is 1.52 bits per heavy atom. The van der Waals surface area contributed by atoms with Crippen LogP contribution in [0, 0.1) is 0 Å². The van der Waals surface area contributed by atoms with E-state index < -0.39 is 5.97 Å². The van der Waals surface area contributed by atoms with E-state index in [0.29, 0.717) is 12.8 Å². The summed E-state index contributed by atoms with van der Waals surface area (Å²) in [5.41, 5.74) is 0. The highest BCUT2D eigenvalue weighted by Gasteiger charge is 2.09. The van der Waals surface area contributed by atoms with Gasteiger partial charge in [0.25, 0.3) is 0 Å². The van der Waals surface area contributed by atoms with Crippen LogP contribution in [0.25, 0.3) is 0 Å². The molecule has 0 fully saturated rings. The molecule has 0 aromatic rings. The molecule has 0 aromatic heterocycles. The van der Waals surface area contributed by atoms with Crippen molar-refractivity contribution in [1.29, 1.82) is 0 Å². The molecule has 0 saturated heterocycles. The van der Waals surface area contributed by atoms with Crippen molar-refractivity contribution in [2.75, 3.05) is 0 Å². The van der Waals surface area contributed by atoms with Crippen molar-refractivity contribution < 1.29 is 19.4 Å². The molecule has 40 heavy (non-hydrogen) atoms. The molecule has 0 rings (SSSR count). The van der Waals surface area contributed by atoms with Gasteiger partial charge in [0.1, 0.15) is 0 Å². The lowest BCUT2D eigenvalue weighted by Gasteiger charge is -2.13. The van der Waals surface area contributed by atoms with E-state index in [0.717, 1.165) is 64.2 Å². The first-order valence-corrected chi connectivity index (χ1v) is 16.9. The number of ether oxygens (including phenoxy) is 1. The molecule has 0 radical (unpaired) electrons. The van der Waals surface area contributed by atoms with Crippen LogP contribution in [0.3, 0.4) is 0 Å². The van der Waals surface area contributed by atoms with Crippen molar-refractivity contribution in [3.8, 4) is 0 Å². The van der Waals surface area contributed by atoms with E-state index in [-0.39, 0.29) is 12.1 Å². The third kappa shape index (κ3) is 32.4. The molecule has 0 bridgehead atoms. The molecule has 0 saturated carbocycles. The average molecular weight is 561 g/mol. The number of unbranched alkanes of at least 4 members (excludes halogenated alkanes) is 17. The second-order valence-electron chi connectivity index (χ2n) is 11.4. The molecule has 232 valence electrons. The number of carboxylic acids is 1. The lowest BCUT2D eigenvalue weighted by molar-refractivity contribution is -0.148. The van der Waals surface area contributed by atoms with E-state index in [4.69, 9.17) is 9.84 Å². The van der Waals surface area contributed by atoms with Crippen molar-refractivity contribution >= 4 is 11.9 Å². The number of allylic oxidation sites excluding steroid dienone is 6. The molecule has 0 spiro atoms. The van der Waals surface area contributed by atoms with Gasteiger partial charge in [-0.1, -0.05) is 133 Å². The number of carbonyl (C=O) groups excluding carboxylic acids is 1. The molecule has 0 amide bonds. The van der Waals surface area contributed by atoms with Gasteiger partial charge in [-0.15, -0.1) is 0 Å². The maximum absolute atomic E-state index is 12.1. The summed E-state index contributed by atoms with van der Waals surface area (Å²) in [4.78, 5) is 22.6. The standard InChI is InChI=1S/C36H64O4/c1-3-4-5-6-7-8-9-10-11-12-13-14-15-16-17-21-24-27-30-33-36(39)40-34(2)31-28-25-22-19-18-20-23-26-29-32-35(37)38/h4-5,7-8,10-11,34H,3,6,9,12-33H2,1-2H3,(H,37,38)/b5-4-,8-7-,11-10-. The lowest BCUT2D eigenvalue weighted by atomic mass is 10.0. The van der Waals surface area contributed by atoms with Gasteiger partial charge in [-0.2, -0.15) is 0 Å². The number of rotatable bonds is 30. The summed E-state index contributed by atoms with van der Waals surface area (Å²) in [5, 5.41) is 8.63. The second-order valence-corrected chi connectivity index (χ2v) is 11.4. The molecule has 4 nitrogen and oxygen atoms in total. The van der Waals surface area contributed by atoms with Gasteiger partial charge in [0, 0.05) is 12.8 Å². The molecule has 4 heteroatoms. The smallest absolute Gasteiger partial charge is 0.306 e. The first-order chi connectivity index (χ1) is 19.6. The van der Waals surface area contributed by atoms with Crippen molar-refractivity contribution in [1.82, 2.24) is 0 Å². The summed E-state index contributed by atoms with van der Waals surface area (Å²) in [7, 11) is 0. The van der Waals surface area contributed by atoms with Crippen molar-refractivity contribution in [2.45, 2.75) is 180 Å². The number of aliphatic carboxylic acids is 1. The van der Waals surface area contributed by atoms with Crippen molar-refractivity contribution in [3.63, 3.8) is 0 Å². The van der Waals surface area contributed by atoms with Gasteiger partial charge in [-0.3, -0.25) is 9.59 Å².